The van der Waals surface area contributed by atoms with Crippen molar-refractivity contribution in [3.8, 4) is 0 Å². The van der Waals surface area contributed by atoms with Crippen molar-refractivity contribution in [2.45, 2.75) is 18.4 Å². The SMILES string of the molecule is O=C([O-])CC(O)(CC(=O)[O-])C(=O)[O-].[Fe+2].[Fe].[NH4+]. The summed E-state index contributed by atoms with van der Waals surface area (Å²) in [5.74, 6) is -5.98. The summed E-state index contributed by atoms with van der Waals surface area (Å²) in [6, 6.07) is 0. The molecule has 0 aromatic carbocycles. The van der Waals surface area contributed by atoms with Gasteiger partial charge in [0.05, 0.1) is 5.97 Å². The van der Waals surface area contributed by atoms with E-state index in [1.54, 1.807) is 0 Å². The Balaban J connectivity index is -0.000000240. The van der Waals surface area contributed by atoms with E-state index in [0.29, 0.717) is 0 Å². The van der Waals surface area contributed by atoms with E-state index in [1.165, 1.54) is 0 Å². The van der Waals surface area contributed by atoms with Crippen molar-refractivity contribution >= 4 is 17.9 Å². The molecule has 0 aliphatic rings. The zero-order valence-corrected chi connectivity index (χ0v) is 10.2. The number of hydrogen-bond donors (Lipinski definition) is 2. The number of carbonyl (C=O) groups is 3. The fourth-order valence-electron chi connectivity index (χ4n) is 0.684. The van der Waals surface area contributed by atoms with Crippen molar-refractivity contribution in [1.82, 2.24) is 6.15 Å². The van der Waals surface area contributed by atoms with E-state index >= 15 is 0 Å². The molecular weight excluding hydrogens is 310 g/mol. The van der Waals surface area contributed by atoms with Gasteiger partial charge in [-0.3, -0.25) is 0 Å². The summed E-state index contributed by atoms with van der Waals surface area (Å²) >= 11 is 0. The molecule has 0 heterocycles. The maximum absolute atomic E-state index is 10.1. The molecule has 0 radical (unpaired) electrons. The molecule has 0 saturated carbocycles. The minimum absolute atomic E-state index is 0. The van der Waals surface area contributed by atoms with Gasteiger partial charge < -0.3 is 41.0 Å². The van der Waals surface area contributed by atoms with Gasteiger partial charge in [0.1, 0.15) is 5.60 Å². The zero-order valence-electron chi connectivity index (χ0n) is 8.02. The second-order valence-electron chi connectivity index (χ2n) is 2.42. The first-order valence-electron chi connectivity index (χ1n) is 3.11. The van der Waals surface area contributed by atoms with E-state index in [1.807, 2.05) is 0 Å². The second kappa shape index (κ2) is 9.58. The van der Waals surface area contributed by atoms with Crippen LogP contribution in [0.5, 0.6) is 0 Å². The molecule has 0 bridgehead atoms. The van der Waals surface area contributed by atoms with Gasteiger partial charge in [0.25, 0.3) is 0 Å². The third kappa shape index (κ3) is 8.66. The average Bonchev–Trinajstić information content (AvgIpc) is 1.82. The Labute approximate surface area is 112 Å². The third-order valence-electron chi connectivity index (χ3n) is 1.25. The van der Waals surface area contributed by atoms with Crippen molar-refractivity contribution in [2.75, 3.05) is 0 Å². The largest absolute Gasteiger partial charge is 2.00 e. The number of hydrogen-bond acceptors (Lipinski definition) is 7. The van der Waals surface area contributed by atoms with E-state index in [-0.39, 0.29) is 40.3 Å². The molecule has 0 amide bonds. The van der Waals surface area contributed by atoms with Crippen LogP contribution in [0.2, 0.25) is 0 Å². The van der Waals surface area contributed by atoms with Gasteiger partial charge in [-0.15, -0.1) is 0 Å². The molecule has 0 aliphatic heterocycles. The van der Waals surface area contributed by atoms with Gasteiger partial charge in [-0.1, -0.05) is 0 Å². The van der Waals surface area contributed by atoms with E-state index in [2.05, 4.69) is 0 Å². The molecule has 16 heavy (non-hydrogen) atoms. The van der Waals surface area contributed by atoms with Crippen molar-refractivity contribution in [1.29, 1.82) is 0 Å². The summed E-state index contributed by atoms with van der Waals surface area (Å²) in [5.41, 5.74) is -2.97. The standard InChI is InChI=1S/C6H8O7.2Fe.H3N/c7-3(8)1-6(13,5(11)12)2-4(9)10;;;/h13H,1-2H2,(H,7,8)(H,9,10)(H,11,12);;;1H3/q;;+2;/p-2. The van der Waals surface area contributed by atoms with Gasteiger partial charge in [-0.05, 0) is 0 Å². The Bertz CT molecular complexity index is 241. The van der Waals surface area contributed by atoms with Crippen LogP contribution in [-0.2, 0) is 48.5 Å². The molecule has 0 unspecified atom stereocenters. The number of carboxylic acid groups (broad SMARTS) is 3. The van der Waals surface area contributed by atoms with E-state index in [0.717, 1.165) is 0 Å². The maximum atomic E-state index is 10.1. The predicted molar refractivity (Wildman–Crippen MR) is 35.2 cm³/mol. The molecule has 0 aromatic heterocycles. The molecule has 0 rings (SSSR count). The van der Waals surface area contributed by atoms with Gasteiger partial charge in [-0.2, -0.15) is 0 Å². The summed E-state index contributed by atoms with van der Waals surface area (Å²) < 4.78 is 0. The molecule has 8 nitrogen and oxygen atoms in total. The van der Waals surface area contributed by atoms with Gasteiger partial charge >= 0.3 is 17.1 Å². The number of carbonyl (C=O) groups excluding carboxylic acids is 3. The van der Waals surface area contributed by atoms with E-state index in [4.69, 9.17) is 5.11 Å². The molecular formula is C6H9Fe2NO7. The Morgan fingerprint density at radius 3 is 1.38 bits per heavy atom. The van der Waals surface area contributed by atoms with Crippen LogP contribution in [-0.4, -0.2) is 28.6 Å². The van der Waals surface area contributed by atoms with Crippen LogP contribution in [0.3, 0.4) is 0 Å². The summed E-state index contributed by atoms with van der Waals surface area (Å²) in [6.07, 6.45) is -2.72. The van der Waals surface area contributed by atoms with Crippen LogP contribution in [0.25, 0.3) is 0 Å². The second-order valence-corrected chi connectivity index (χ2v) is 2.42. The normalized spacial score (nSPS) is 8.81. The number of aliphatic carboxylic acids is 3. The van der Waals surface area contributed by atoms with Gasteiger partial charge in [0.15, 0.2) is 0 Å². The number of rotatable bonds is 5. The molecule has 0 atom stereocenters. The topological polar surface area (TPSA) is 177 Å². The van der Waals surface area contributed by atoms with Crippen LogP contribution in [0, 0.1) is 0 Å². The first-order chi connectivity index (χ1) is 5.78. The van der Waals surface area contributed by atoms with Crippen LogP contribution in [0.4, 0.5) is 0 Å². The Morgan fingerprint density at radius 2 is 1.25 bits per heavy atom. The molecule has 10 heteroatoms. The van der Waals surface area contributed by atoms with Gasteiger partial charge in [-0.25, -0.2) is 0 Å². The molecule has 0 fully saturated rings. The minimum atomic E-state index is -2.97. The molecule has 0 spiro atoms. The Hall–Kier alpha value is -0.631. The number of carboxylic acids is 3. The predicted octanol–water partition coefficient (Wildman–Crippen LogP) is -4.88. The van der Waals surface area contributed by atoms with Crippen molar-refractivity contribution in [2.24, 2.45) is 0 Å². The number of quaternary nitrogens is 1. The van der Waals surface area contributed by atoms with Crippen molar-refractivity contribution < 1.29 is 68.9 Å². The van der Waals surface area contributed by atoms with Gasteiger partial charge in [0.2, 0.25) is 0 Å². The first kappa shape index (κ1) is 24.6. The first-order valence-corrected chi connectivity index (χ1v) is 3.11. The van der Waals surface area contributed by atoms with Crippen molar-refractivity contribution in [3.63, 3.8) is 0 Å². The molecule has 0 aromatic rings. The monoisotopic (exact) mass is 319 g/mol. The van der Waals surface area contributed by atoms with Crippen LogP contribution in [0.1, 0.15) is 12.8 Å². The zero-order chi connectivity index (χ0) is 10.6. The molecule has 0 saturated heterocycles. The minimum Gasteiger partial charge on any atom is -0.550 e. The van der Waals surface area contributed by atoms with Crippen LogP contribution < -0.4 is 21.5 Å². The molecule has 0 aliphatic carbocycles. The molecule has 5 N–H and O–H groups in total. The van der Waals surface area contributed by atoms with Gasteiger partial charge in [0, 0.05) is 41.8 Å². The Kier molecular flexibility index (Phi) is 14.7. The average molecular weight is 319 g/mol. The fourth-order valence-corrected chi connectivity index (χ4v) is 0.684. The number of aliphatic hydroxyl groups is 1. The Morgan fingerprint density at radius 1 is 1.00 bits per heavy atom. The quantitative estimate of drug-likeness (QED) is 0.477. The summed E-state index contributed by atoms with van der Waals surface area (Å²) in [6.45, 7) is 0. The van der Waals surface area contributed by atoms with E-state index < -0.39 is 36.4 Å². The van der Waals surface area contributed by atoms with Crippen LogP contribution in [0.15, 0.2) is 0 Å². The fraction of sp³-hybridized carbons (Fsp3) is 0.500. The summed E-state index contributed by atoms with van der Waals surface area (Å²) in [7, 11) is 0. The smallest absolute Gasteiger partial charge is 0.550 e. The third-order valence-corrected chi connectivity index (χ3v) is 1.25. The molecule has 96 valence electrons. The summed E-state index contributed by atoms with van der Waals surface area (Å²) in [5, 5.41) is 38.9. The van der Waals surface area contributed by atoms with Crippen molar-refractivity contribution in [3.05, 3.63) is 0 Å². The van der Waals surface area contributed by atoms with Crippen LogP contribution >= 0.6 is 0 Å². The van der Waals surface area contributed by atoms with E-state index in [9.17, 15) is 29.7 Å². The summed E-state index contributed by atoms with van der Waals surface area (Å²) in [4.78, 5) is 30.0. The maximum Gasteiger partial charge on any atom is 2.00 e.